The van der Waals surface area contributed by atoms with Crippen molar-refractivity contribution in [1.82, 2.24) is 14.3 Å². The molecule has 0 amide bonds. The van der Waals surface area contributed by atoms with Crippen LogP contribution in [0.2, 0.25) is 0 Å². The number of methoxy groups -OCH3 is 1. The SMILES string of the molecule is COc1cc(CN(C)c2cnccn2)sn1. The van der Waals surface area contributed by atoms with Crippen LogP contribution in [-0.4, -0.2) is 28.5 Å². The molecule has 84 valence electrons. The minimum atomic E-state index is 0.660. The summed E-state index contributed by atoms with van der Waals surface area (Å²) in [5.41, 5.74) is 0. The molecule has 2 rings (SSSR count). The molecule has 0 fully saturated rings. The first kappa shape index (κ1) is 10.8. The van der Waals surface area contributed by atoms with Gasteiger partial charge in [-0.3, -0.25) is 4.98 Å². The largest absolute Gasteiger partial charge is 0.480 e. The summed E-state index contributed by atoms with van der Waals surface area (Å²) >= 11 is 1.43. The van der Waals surface area contributed by atoms with E-state index < -0.39 is 0 Å². The molecule has 0 saturated carbocycles. The summed E-state index contributed by atoms with van der Waals surface area (Å²) in [5.74, 6) is 1.50. The van der Waals surface area contributed by atoms with E-state index >= 15 is 0 Å². The van der Waals surface area contributed by atoms with Gasteiger partial charge in [0.25, 0.3) is 0 Å². The fourth-order valence-corrected chi connectivity index (χ4v) is 2.01. The number of aromatic nitrogens is 3. The van der Waals surface area contributed by atoms with Crippen LogP contribution < -0.4 is 9.64 Å². The predicted octanol–water partition coefficient (Wildman–Crippen LogP) is 1.58. The number of ether oxygens (including phenoxy) is 1. The Kier molecular flexibility index (Phi) is 3.31. The number of hydrogen-bond donors (Lipinski definition) is 0. The second kappa shape index (κ2) is 4.89. The Bertz CT molecular complexity index is 445. The van der Waals surface area contributed by atoms with Crippen LogP contribution in [-0.2, 0) is 6.54 Å². The quantitative estimate of drug-likeness (QED) is 0.806. The summed E-state index contributed by atoms with van der Waals surface area (Å²) in [4.78, 5) is 11.4. The lowest BCUT2D eigenvalue weighted by atomic mass is 10.4. The lowest BCUT2D eigenvalue weighted by molar-refractivity contribution is 0.402. The zero-order valence-electron chi connectivity index (χ0n) is 9.12. The Balaban J connectivity index is 2.05. The molecule has 2 aromatic heterocycles. The average molecular weight is 236 g/mol. The van der Waals surface area contributed by atoms with E-state index in [-0.39, 0.29) is 0 Å². The van der Waals surface area contributed by atoms with Crippen molar-refractivity contribution in [1.29, 1.82) is 0 Å². The third-order valence-electron chi connectivity index (χ3n) is 2.08. The Labute approximate surface area is 97.9 Å². The predicted molar refractivity (Wildman–Crippen MR) is 62.8 cm³/mol. The van der Waals surface area contributed by atoms with Crippen molar-refractivity contribution in [3.63, 3.8) is 0 Å². The molecule has 0 aliphatic carbocycles. The zero-order valence-corrected chi connectivity index (χ0v) is 9.94. The fourth-order valence-electron chi connectivity index (χ4n) is 1.27. The molecular weight excluding hydrogens is 224 g/mol. The van der Waals surface area contributed by atoms with E-state index in [0.29, 0.717) is 5.88 Å². The van der Waals surface area contributed by atoms with Gasteiger partial charge in [0.2, 0.25) is 5.88 Å². The lowest BCUT2D eigenvalue weighted by Crippen LogP contribution is -2.16. The van der Waals surface area contributed by atoms with E-state index in [4.69, 9.17) is 4.74 Å². The molecule has 2 heterocycles. The Morgan fingerprint density at radius 1 is 1.44 bits per heavy atom. The Hall–Kier alpha value is -1.69. The van der Waals surface area contributed by atoms with Crippen molar-refractivity contribution in [3.05, 3.63) is 29.5 Å². The van der Waals surface area contributed by atoms with Gasteiger partial charge in [-0.05, 0) is 11.5 Å². The standard InChI is InChI=1S/C10H12N4OS/c1-14(9-6-11-3-4-12-9)7-8-5-10(15-2)13-16-8/h3-6H,7H2,1-2H3. The normalized spacial score (nSPS) is 10.1. The maximum atomic E-state index is 5.03. The number of hydrogen-bond acceptors (Lipinski definition) is 6. The highest BCUT2D eigenvalue weighted by atomic mass is 32.1. The second-order valence-electron chi connectivity index (χ2n) is 3.26. The number of rotatable bonds is 4. The molecule has 6 heteroatoms. The van der Waals surface area contributed by atoms with Gasteiger partial charge in [-0.25, -0.2) is 4.98 Å². The van der Waals surface area contributed by atoms with Crippen molar-refractivity contribution in [3.8, 4) is 5.88 Å². The van der Waals surface area contributed by atoms with E-state index in [1.54, 1.807) is 25.7 Å². The van der Waals surface area contributed by atoms with E-state index in [1.807, 2.05) is 18.0 Å². The molecule has 0 unspecified atom stereocenters. The summed E-state index contributed by atoms with van der Waals surface area (Å²) in [7, 11) is 3.58. The zero-order chi connectivity index (χ0) is 11.4. The maximum absolute atomic E-state index is 5.03. The van der Waals surface area contributed by atoms with E-state index in [2.05, 4.69) is 14.3 Å². The van der Waals surface area contributed by atoms with Gasteiger partial charge in [-0.1, -0.05) is 0 Å². The molecule has 0 atom stereocenters. The summed E-state index contributed by atoms with van der Waals surface area (Å²) in [6.07, 6.45) is 5.07. The van der Waals surface area contributed by atoms with Gasteiger partial charge in [0.05, 0.1) is 19.9 Å². The van der Waals surface area contributed by atoms with Crippen molar-refractivity contribution in [2.24, 2.45) is 0 Å². The monoisotopic (exact) mass is 236 g/mol. The van der Waals surface area contributed by atoms with Gasteiger partial charge >= 0.3 is 0 Å². The summed E-state index contributed by atoms with van der Waals surface area (Å²) in [5, 5.41) is 0. The van der Waals surface area contributed by atoms with Gasteiger partial charge < -0.3 is 9.64 Å². The van der Waals surface area contributed by atoms with Gasteiger partial charge in [0.1, 0.15) is 5.82 Å². The maximum Gasteiger partial charge on any atom is 0.225 e. The first-order chi connectivity index (χ1) is 7.79. The first-order valence-corrected chi connectivity index (χ1v) is 5.53. The Morgan fingerprint density at radius 2 is 2.31 bits per heavy atom. The molecule has 0 aliphatic heterocycles. The molecule has 0 saturated heterocycles. The molecule has 0 N–H and O–H groups in total. The average Bonchev–Trinajstić information content (AvgIpc) is 2.78. The number of anilines is 1. The van der Waals surface area contributed by atoms with Gasteiger partial charge in [0.15, 0.2) is 0 Å². The summed E-state index contributed by atoms with van der Waals surface area (Å²) < 4.78 is 9.17. The number of nitrogens with zero attached hydrogens (tertiary/aromatic N) is 4. The minimum absolute atomic E-state index is 0.660. The lowest BCUT2D eigenvalue weighted by Gasteiger charge is -2.15. The molecule has 0 radical (unpaired) electrons. The highest BCUT2D eigenvalue weighted by Gasteiger charge is 2.06. The van der Waals surface area contributed by atoms with Gasteiger partial charge in [0, 0.05) is 30.4 Å². The van der Waals surface area contributed by atoms with E-state index in [1.165, 1.54) is 11.5 Å². The highest BCUT2D eigenvalue weighted by Crippen LogP contribution is 2.19. The van der Waals surface area contributed by atoms with Crippen LogP contribution in [0.1, 0.15) is 4.88 Å². The molecule has 0 aromatic carbocycles. The smallest absolute Gasteiger partial charge is 0.225 e. The van der Waals surface area contributed by atoms with Crippen LogP contribution >= 0.6 is 11.5 Å². The third-order valence-corrected chi connectivity index (χ3v) is 2.83. The van der Waals surface area contributed by atoms with Crippen LogP contribution in [0.4, 0.5) is 5.82 Å². The van der Waals surface area contributed by atoms with Crippen LogP contribution in [0.5, 0.6) is 5.88 Å². The molecule has 0 spiro atoms. The van der Waals surface area contributed by atoms with E-state index in [9.17, 15) is 0 Å². The van der Waals surface area contributed by atoms with Crippen LogP contribution in [0.25, 0.3) is 0 Å². The van der Waals surface area contributed by atoms with Crippen LogP contribution in [0.3, 0.4) is 0 Å². The fraction of sp³-hybridized carbons (Fsp3) is 0.300. The summed E-state index contributed by atoms with van der Waals surface area (Å²) in [6.45, 7) is 0.750. The first-order valence-electron chi connectivity index (χ1n) is 4.76. The highest BCUT2D eigenvalue weighted by molar-refractivity contribution is 7.05. The van der Waals surface area contributed by atoms with Crippen molar-refractivity contribution >= 4 is 17.4 Å². The van der Waals surface area contributed by atoms with Crippen LogP contribution in [0, 0.1) is 0 Å². The second-order valence-corrected chi connectivity index (χ2v) is 4.14. The van der Waals surface area contributed by atoms with Crippen molar-refractivity contribution < 1.29 is 4.74 Å². The van der Waals surface area contributed by atoms with Crippen LogP contribution in [0.15, 0.2) is 24.7 Å². The molecule has 5 nitrogen and oxygen atoms in total. The molecule has 0 aliphatic rings. The molecule has 0 bridgehead atoms. The van der Waals surface area contributed by atoms with Gasteiger partial charge in [-0.15, -0.1) is 0 Å². The third kappa shape index (κ3) is 2.46. The topological polar surface area (TPSA) is 51.1 Å². The molecule has 2 aromatic rings. The minimum Gasteiger partial charge on any atom is -0.480 e. The van der Waals surface area contributed by atoms with E-state index in [0.717, 1.165) is 17.2 Å². The van der Waals surface area contributed by atoms with Crippen molar-refractivity contribution in [2.45, 2.75) is 6.54 Å². The molecular formula is C10H12N4OS. The summed E-state index contributed by atoms with van der Waals surface area (Å²) in [6, 6.07) is 1.93. The van der Waals surface area contributed by atoms with Gasteiger partial charge in [-0.2, -0.15) is 4.37 Å². The van der Waals surface area contributed by atoms with Crippen molar-refractivity contribution in [2.75, 3.05) is 19.1 Å². The molecule has 16 heavy (non-hydrogen) atoms. The Morgan fingerprint density at radius 3 is 2.94 bits per heavy atom.